The summed E-state index contributed by atoms with van der Waals surface area (Å²) in [5, 5.41) is 2.99. The number of primary amides is 1. The van der Waals surface area contributed by atoms with Gasteiger partial charge in [0.2, 0.25) is 11.8 Å². The summed E-state index contributed by atoms with van der Waals surface area (Å²) in [6, 6.07) is 0. The molecule has 3 N–H and O–H groups in total. The van der Waals surface area contributed by atoms with E-state index in [0.29, 0.717) is 19.7 Å². The molecule has 0 saturated carbocycles. The second-order valence-corrected chi connectivity index (χ2v) is 4.14. The Bertz CT molecular complexity index is 252. The quantitative estimate of drug-likeness (QED) is 0.567. The third-order valence-corrected chi connectivity index (χ3v) is 2.65. The summed E-state index contributed by atoms with van der Waals surface area (Å²) in [6.45, 7) is 2.95. The van der Waals surface area contributed by atoms with Crippen molar-refractivity contribution in [2.24, 2.45) is 5.73 Å². The largest absolute Gasteiger partial charge is 0.370 e. The van der Waals surface area contributed by atoms with Crippen molar-refractivity contribution in [2.75, 3.05) is 39.4 Å². The summed E-state index contributed by atoms with van der Waals surface area (Å²) >= 11 is 0. The van der Waals surface area contributed by atoms with Crippen LogP contribution < -0.4 is 11.1 Å². The first kappa shape index (κ1) is 13.9. The van der Waals surface area contributed by atoms with Gasteiger partial charge in [-0.05, 0) is 19.3 Å². The van der Waals surface area contributed by atoms with Crippen molar-refractivity contribution in [3.8, 4) is 0 Å². The summed E-state index contributed by atoms with van der Waals surface area (Å²) in [5.41, 5.74) is 4.91. The molecule has 17 heavy (non-hydrogen) atoms. The average Bonchev–Trinajstić information content (AvgIpc) is 2.34. The minimum atomic E-state index is -0.477. The molecule has 1 fully saturated rings. The number of ether oxygens (including phenoxy) is 1. The van der Waals surface area contributed by atoms with Crippen molar-refractivity contribution < 1.29 is 14.3 Å². The molecule has 1 aliphatic heterocycles. The zero-order chi connectivity index (χ0) is 12.5. The highest BCUT2D eigenvalue weighted by Crippen LogP contribution is 2.07. The number of likely N-dealkylation sites (tertiary alicyclic amines) is 1. The zero-order valence-corrected chi connectivity index (χ0v) is 10.1. The molecule has 0 radical (unpaired) electrons. The van der Waals surface area contributed by atoms with Gasteiger partial charge in [0, 0.05) is 19.6 Å². The van der Waals surface area contributed by atoms with Crippen LogP contribution in [0.25, 0.3) is 0 Å². The van der Waals surface area contributed by atoms with Crippen molar-refractivity contribution in [1.82, 2.24) is 10.2 Å². The van der Waals surface area contributed by atoms with Gasteiger partial charge < -0.3 is 20.7 Å². The van der Waals surface area contributed by atoms with Gasteiger partial charge in [-0.3, -0.25) is 9.59 Å². The molecule has 1 saturated heterocycles. The van der Waals surface area contributed by atoms with Crippen molar-refractivity contribution in [2.45, 2.75) is 19.3 Å². The Morgan fingerprint density at radius 1 is 1.24 bits per heavy atom. The first-order chi connectivity index (χ1) is 8.20. The highest BCUT2D eigenvalue weighted by molar-refractivity contribution is 5.78. The van der Waals surface area contributed by atoms with Crippen molar-refractivity contribution in [3.63, 3.8) is 0 Å². The number of carbonyl (C=O) groups is 2. The number of nitrogens with two attached hydrogens (primary N) is 1. The van der Waals surface area contributed by atoms with Gasteiger partial charge in [-0.25, -0.2) is 0 Å². The molecule has 0 atom stereocenters. The van der Waals surface area contributed by atoms with Gasteiger partial charge in [-0.15, -0.1) is 0 Å². The van der Waals surface area contributed by atoms with Gasteiger partial charge in [0.1, 0.15) is 6.61 Å². The number of nitrogens with zero attached hydrogens (tertiary/aromatic N) is 1. The molecule has 0 aromatic rings. The van der Waals surface area contributed by atoms with Crippen LogP contribution in [-0.2, 0) is 14.3 Å². The number of hydrogen-bond donors (Lipinski definition) is 2. The Balaban J connectivity index is 1.98. The van der Waals surface area contributed by atoms with Gasteiger partial charge in [0.05, 0.1) is 13.2 Å². The first-order valence-corrected chi connectivity index (χ1v) is 6.04. The highest BCUT2D eigenvalue weighted by atomic mass is 16.5. The second kappa shape index (κ2) is 8.03. The predicted molar refractivity (Wildman–Crippen MR) is 63.3 cm³/mol. The Labute approximate surface area is 101 Å². The van der Waals surface area contributed by atoms with Crippen LogP contribution in [0.1, 0.15) is 19.3 Å². The normalized spacial score (nSPS) is 15.9. The molecule has 1 aliphatic rings. The molecule has 0 aromatic heterocycles. The minimum absolute atomic E-state index is 0.0677. The van der Waals surface area contributed by atoms with Crippen LogP contribution in [0, 0.1) is 0 Å². The number of nitrogens with one attached hydrogen (secondary N) is 1. The molecule has 0 aliphatic carbocycles. The average molecular weight is 243 g/mol. The fraction of sp³-hybridized carbons (Fsp3) is 0.818. The molecule has 98 valence electrons. The van der Waals surface area contributed by atoms with Crippen molar-refractivity contribution >= 4 is 11.8 Å². The smallest absolute Gasteiger partial charge is 0.243 e. The molecular weight excluding hydrogens is 222 g/mol. The van der Waals surface area contributed by atoms with E-state index in [0.717, 1.165) is 25.9 Å². The Hall–Kier alpha value is -1.14. The first-order valence-electron chi connectivity index (χ1n) is 6.04. The van der Waals surface area contributed by atoms with E-state index in [-0.39, 0.29) is 12.5 Å². The fourth-order valence-corrected chi connectivity index (χ4v) is 1.77. The Morgan fingerprint density at radius 3 is 2.59 bits per heavy atom. The van der Waals surface area contributed by atoms with Crippen LogP contribution >= 0.6 is 0 Å². The fourth-order valence-electron chi connectivity index (χ4n) is 1.77. The predicted octanol–water partition coefficient (Wildman–Crippen LogP) is -0.910. The number of hydrogen-bond acceptors (Lipinski definition) is 4. The summed E-state index contributed by atoms with van der Waals surface area (Å²) < 4.78 is 4.96. The van der Waals surface area contributed by atoms with E-state index in [2.05, 4.69) is 5.32 Å². The van der Waals surface area contributed by atoms with Gasteiger partial charge in [0.15, 0.2) is 0 Å². The number of carbonyl (C=O) groups excluding carboxylic acids is 2. The van der Waals surface area contributed by atoms with Crippen LogP contribution in [-0.4, -0.2) is 56.1 Å². The number of amides is 2. The van der Waals surface area contributed by atoms with E-state index in [1.54, 1.807) is 0 Å². The SMILES string of the molecule is NC(=O)COCCNCC(=O)N1CCCCC1. The molecule has 2 amide bonds. The van der Waals surface area contributed by atoms with Crippen LogP contribution in [0.4, 0.5) is 0 Å². The standard InChI is InChI=1S/C11H21N3O3/c12-10(15)9-17-7-4-13-8-11(16)14-5-2-1-3-6-14/h13H,1-9H2,(H2,12,15). The van der Waals surface area contributed by atoms with Gasteiger partial charge in [-0.1, -0.05) is 0 Å². The summed E-state index contributed by atoms with van der Waals surface area (Å²) in [4.78, 5) is 23.9. The van der Waals surface area contributed by atoms with E-state index >= 15 is 0 Å². The minimum Gasteiger partial charge on any atom is -0.370 e. The van der Waals surface area contributed by atoms with E-state index in [9.17, 15) is 9.59 Å². The lowest BCUT2D eigenvalue weighted by Gasteiger charge is -2.26. The molecule has 0 bridgehead atoms. The lowest BCUT2D eigenvalue weighted by Crippen LogP contribution is -2.41. The van der Waals surface area contributed by atoms with Crippen LogP contribution in [0.2, 0.25) is 0 Å². The van der Waals surface area contributed by atoms with Gasteiger partial charge in [-0.2, -0.15) is 0 Å². The van der Waals surface area contributed by atoms with Crippen molar-refractivity contribution in [3.05, 3.63) is 0 Å². The van der Waals surface area contributed by atoms with Gasteiger partial charge in [0.25, 0.3) is 0 Å². The molecule has 1 rings (SSSR count). The molecule has 0 unspecified atom stereocenters. The monoisotopic (exact) mass is 243 g/mol. The zero-order valence-electron chi connectivity index (χ0n) is 10.1. The van der Waals surface area contributed by atoms with Crippen LogP contribution in [0.5, 0.6) is 0 Å². The molecule has 6 heteroatoms. The third kappa shape index (κ3) is 6.23. The summed E-state index contributed by atoms with van der Waals surface area (Å²) in [7, 11) is 0. The lowest BCUT2D eigenvalue weighted by atomic mass is 10.1. The summed E-state index contributed by atoms with van der Waals surface area (Å²) in [5.74, 6) is -0.339. The van der Waals surface area contributed by atoms with Crippen molar-refractivity contribution in [1.29, 1.82) is 0 Å². The van der Waals surface area contributed by atoms with E-state index in [1.165, 1.54) is 6.42 Å². The molecule has 0 spiro atoms. The molecule has 1 heterocycles. The van der Waals surface area contributed by atoms with Crippen LogP contribution in [0.3, 0.4) is 0 Å². The number of rotatable bonds is 7. The maximum Gasteiger partial charge on any atom is 0.243 e. The van der Waals surface area contributed by atoms with E-state index in [1.807, 2.05) is 4.90 Å². The molecule has 0 aromatic carbocycles. The van der Waals surface area contributed by atoms with E-state index < -0.39 is 5.91 Å². The maximum atomic E-state index is 11.7. The Kier molecular flexibility index (Phi) is 6.57. The van der Waals surface area contributed by atoms with E-state index in [4.69, 9.17) is 10.5 Å². The maximum absolute atomic E-state index is 11.7. The third-order valence-electron chi connectivity index (χ3n) is 2.65. The molecular formula is C11H21N3O3. The topological polar surface area (TPSA) is 84.7 Å². The summed E-state index contributed by atoms with van der Waals surface area (Å²) in [6.07, 6.45) is 3.43. The Morgan fingerprint density at radius 2 is 1.94 bits per heavy atom. The lowest BCUT2D eigenvalue weighted by molar-refractivity contribution is -0.131. The highest BCUT2D eigenvalue weighted by Gasteiger charge is 2.15. The van der Waals surface area contributed by atoms with Crippen LogP contribution in [0.15, 0.2) is 0 Å². The number of piperidine rings is 1. The molecule has 6 nitrogen and oxygen atoms in total. The second-order valence-electron chi connectivity index (χ2n) is 4.14. The van der Waals surface area contributed by atoms with Gasteiger partial charge >= 0.3 is 0 Å².